The Bertz CT molecular complexity index is 707. The summed E-state index contributed by atoms with van der Waals surface area (Å²) >= 11 is 5.86. The number of rotatable bonds is 6. The van der Waals surface area contributed by atoms with Gasteiger partial charge in [-0.2, -0.15) is 15.0 Å². The molecule has 1 heterocycles. The summed E-state index contributed by atoms with van der Waals surface area (Å²) in [5.74, 6) is 0.378. The topological polar surface area (TPSA) is 126 Å². The minimum Gasteiger partial charge on any atom is -0.394 e. The molecule has 1 aromatic carbocycles. The summed E-state index contributed by atoms with van der Waals surface area (Å²) < 4.78 is 0. The maximum absolute atomic E-state index is 10.6. The predicted molar refractivity (Wildman–Crippen MR) is 86.0 cm³/mol. The van der Waals surface area contributed by atoms with Crippen LogP contribution in [0.1, 0.15) is 13.8 Å². The average molecular weight is 339 g/mol. The Hall–Kier alpha value is -2.52. The van der Waals surface area contributed by atoms with Crippen molar-refractivity contribution in [1.82, 2.24) is 15.0 Å². The molecule has 0 saturated heterocycles. The van der Waals surface area contributed by atoms with E-state index in [-0.39, 0.29) is 29.5 Å². The molecule has 0 spiro atoms. The van der Waals surface area contributed by atoms with Gasteiger partial charge < -0.3 is 15.7 Å². The SMILES string of the molecule is CC(C)(CO)Nc1nc(Cl)nc(Nc2ccc([N+](=O)[O-])cc2)n1. The van der Waals surface area contributed by atoms with Crippen LogP contribution in [0.4, 0.5) is 23.3 Å². The zero-order chi connectivity index (χ0) is 17.0. The number of hydrogen-bond donors (Lipinski definition) is 3. The number of aliphatic hydroxyl groups is 1. The van der Waals surface area contributed by atoms with Gasteiger partial charge in [-0.3, -0.25) is 10.1 Å². The molecule has 0 aliphatic heterocycles. The van der Waals surface area contributed by atoms with Gasteiger partial charge in [0.1, 0.15) is 0 Å². The number of aromatic nitrogens is 3. The molecule has 2 aromatic rings. The van der Waals surface area contributed by atoms with Crippen LogP contribution >= 0.6 is 11.6 Å². The average Bonchev–Trinajstić information content (AvgIpc) is 2.46. The number of nitrogens with one attached hydrogen (secondary N) is 2. The normalized spacial score (nSPS) is 11.1. The second-order valence-electron chi connectivity index (χ2n) is 5.35. The van der Waals surface area contributed by atoms with Crippen molar-refractivity contribution in [1.29, 1.82) is 0 Å². The van der Waals surface area contributed by atoms with Crippen LogP contribution in [0.3, 0.4) is 0 Å². The molecule has 0 unspecified atom stereocenters. The highest BCUT2D eigenvalue weighted by Gasteiger charge is 2.18. The molecule has 23 heavy (non-hydrogen) atoms. The van der Waals surface area contributed by atoms with E-state index in [1.807, 2.05) is 0 Å². The Kier molecular flexibility index (Phi) is 4.92. The van der Waals surface area contributed by atoms with Gasteiger partial charge in [0.25, 0.3) is 5.69 Å². The highest BCUT2D eigenvalue weighted by Crippen LogP contribution is 2.20. The molecule has 0 radical (unpaired) electrons. The quantitative estimate of drug-likeness (QED) is 0.541. The predicted octanol–water partition coefficient (Wildman–Crippen LogP) is 2.36. The van der Waals surface area contributed by atoms with Gasteiger partial charge in [0.05, 0.1) is 17.1 Å². The Balaban J connectivity index is 2.19. The summed E-state index contributed by atoms with van der Waals surface area (Å²) in [5.41, 5.74) is -0.0866. The number of benzene rings is 1. The number of nitro groups is 1. The van der Waals surface area contributed by atoms with Gasteiger partial charge >= 0.3 is 0 Å². The Labute approximate surface area is 136 Å². The fourth-order valence-corrected chi connectivity index (χ4v) is 1.76. The monoisotopic (exact) mass is 338 g/mol. The van der Waals surface area contributed by atoms with E-state index >= 15 is 0 Å². The summed E-state index contributed by atoms with van der Waals surface area (Å²) in [6.07, 6.45) is 0. The zero-order valence-corrected chi connectivity index (χ0v) is 13.2. The molecule has 2 rings (SSSR count). The first-order valence-corrected chi connectivity index (χ1v) is 6.99. The summed E-state index contributed by atoms with van der Waals surface area (Å²) in [6.45, 7) is 3.42. The van der Waals surface area contributed by atoms with Crippen LogP contribution in [0.2, 0.25) is 5.28 Å². The van der Waals surface area contributed by atoms with Gasteiger partial charge in [-0.15, -0.1) is 0 Å². The fourth-order valence-electron chi connectivity index (χ4n) is 1.60. The molecule has 0 bridgehead atoms. The lowest BCUT2D eigenvalue weighted by atomic mass is 10.1. The largest absolute Gasteiger partial charge is 0.394 e. The lowest BCUT2D eigenvalue weighted by Crippen LogP contribution is -2.35. The van der Waals surface area contributed by atoms with Crippen molar-refractivity contribution in [2.45, 2.75) is 19.4 Å². The maximum atomic E-state index is 10.6. The smallest absolute Gasteiger partial charge is 0.269 e. The van der Waals surface area contributed by atoms with Crippen LogP contribution in [0.5, 0.6) is 0 Å². The third kappa shape index (κ3) is 4.73. The van der Waals surface area contributed by atoms with Gasteiger partial charge in [-0.05, 0) is 37.6 Å². The Morgan fingerprint density at radius 3 is 2.39 bits per heavy atom. The number of aliphatic hydroxyl groups excluding tert-OH is 1. The molecule has 0 fully saturated rings. The molecule has 0 aliphatic carbocycles. The molecule has 3 N–H and O–H groups in total. The molecule has 0 saturated carbocycles. The number of hydrogen-bond acceptors (Lipinski definition) is 8. The van der Waals surface area contributed by atoms with Crippen LogP contribution in [0.25, 0.3) is 0 Å². The van der Waals surface area contributed by atoms with Gasteiger partial charge in [0.15, 0.2) is 0 Å². The van der Waals surface area contributed by atoms with Crippen molar-refractivity contribution < 1.29 is 10.0 Å². The molecule has 0 aliphatic rings. The Morgan fingerprint density at radius 2 is 1.83 bits per heavy atom. The molecular weight excluding hydrogens is 324 g/mol. The number of nitrogens with zero attached hydrogens (tertiary/aromatic N) is 4. The van der Waals surface area contributed by atoms with E-state index in [0.717, 1.165) is 0 Å². The lowest BCUT2D eigenvalue weighted by molar-refractivity contribution is -0.384. The van der Waals surface area contributed by atoms with E-state index < -0.39 is 10.5 Å². The van der Waals surface area contributed by atoms with E-state index in [1.165, 1.54) is 24.3 Å². The van der Waals surface area contributed by atoms with Crippen molar-refractivity contribution in [2.75, 3.05) is 17.2 Å². The third-order valence-electron chi connectivity index (χ3n) is 2.79. The fraction of sp³-hybridized carbons (Fsp3) is 0.308. The van der Waals surface area contributed by atoms with E-state index in [2.05, 4.69) is 25.6 Å². The van der Waals surface area contributed by atoms with Crippen molar-refractivity contribution in [3.8, 4) is 0 Å². The standard InChI is InChI=1S/C13H15ClN6O3/c1-13(2,7-21)19-12-17-10(14)16-11(18-12)15-8-3-5-9(6-4-8)20(22)23/h3-6,21H,7H2,1-2H3,(H2,15,16,17,18,19). The summed E-state index contributed by atoms with van der Waals surface area (Å²) in [4.78, 5) is 22.2. The highest BCUT2D eigenvalue weighted by atomic mass is 35.5. The summed E-state index contributed by atoms with van der Waals surface area (Å²) in [7, 11) is 0. The van der Waals surface area contributed by atoms with Crippen LogP contribution in [0.15, 0.2) is 24.3 Å². The minimum absolute atomic E-state index is 0.0173. The summed E-state index contributed by atoms with van der Waals surface area (Å²) in [5, 5.41) is 25.7. The third-order valence-corrected chi connectivity index (χ3v) is 2.96. The van der Waals surface area contributed by atoms with Crippen LogP contribution in [-0.2, 0) is 0 Å². The van der Waals surface area contributed by atoms with Gasteiger partial charge in [-0.1, -0.05) is 0 Å². The highest BCUT2D eigenvalue weighted by molar-refractivity contribution is 6.28. The van der Waals surface area contributed by atoms with Crippen LogP contribution in [0, 0.1) is 10.1 Å². The molecule has 9 nitrogen and oxygen atoms in total. The maximum Gasteiger partial charge on any atom is 0.269 e. The number of nitro benzene ring substituents is 1. The first-order valence-electron chi connectivity index (χ1n) is 6.61. The van der Waals surface area contributed by atoms with E-state index in [0.29, 0.717) is 5.69 Å². The van der Waals surface area contributed by atoms with Crippen molar-refractivity contribution in [3.05, 3.63) is 39.7 Å². The Morgan fingerprint density at radius 1 is 1.22 bits per heavy atom. The van der Waals surface area contributed by atoms with Gasteiger partial charge in [0.2, 0.25) is 17.2 Å². The van der Waals surface area contributed by atoms with E-state index in [1.54, 1.807) is 13.8 Å². The van der Waals surface area contributed by atoms with Crippen molar-refractivity contribution in [3.63, 3.8) is 0 Å². The van der Waals surface area contributed by atoms with Crippen LogP contribution < -0.4 is 10.6 Å². The lowest BCUT2D eigenvalue weighted by Gasteiger charge is -2.23. The van der Waals surface area contributed by atoms with Crippen molar-refractivity contribution >= 4 is 34.9 Å². The zero-order valence-electron chi connectivity index (χ0n) is 12.4. The number of halogens is 1. The second-order valence-corrected chi connectivity index (χ2v) is 5.69. The van der Waals surface area contributed by atoms with Gasteiger partial charge in [-0.25, -0.2) is 0 Å². The molecule has 10 heteroatoms. The number of non-ortho nitro benzene ring substituents is 1. The van der Waals surface area contributed by atoms with Crippen molar-refractivity contribution in [2.24, 2.45) is 0 Å². The molecule has 0 atom stereocenters. The van der Waals surface area contributed by atoms with E-state index in [4.69, 9.17) is 11.6 Å². The summed E-state index contributed by atoms with van der Waals surface area (Å²) in [6, 6.07) is 5.78. The van der Waals surface area contributed by atoms with Gasteiger partial charge in [0, 0.05) is 17.8 Å². The molecule has 122 valence electrons. The van der Waals surface area contributed by atoms with Crippen LogP contribution in [-0.4, -0.2) is 37.1 Å². The van der Waals surface area contributed by atoms with E-state index in [9.17, 15) is 15.2 Å². The second kappa shape index (κ2) is 6.71. The molecule has 1 aromatic heterocycles. The molecule has 0 amide bonds. The first-order chi connectivity index (χ1) is 10.8. The number of anilines is 3. The first kappa shape index (κ1) is 16.8. The molecular formula is C13H15ClN6O3. The minimum atomic E-state index is -0.630.